The van der Waals surface area contributed by atoms with Gasteiger partial charge in [-0.2, -0.15) is 0 Å². The van der Waals surface area contributed by atoms with E-state index in [0.717, 1.165) is 25.7 Å². The van der Waals surface area contributed by atoms with Gasteiger partial charge in [-0.3, -0.25) is 9.59 Å². The van der Waals surface area contributed by atoms with Crippen molar-refractivity contribution in [3.8, 4) is 0 Å². The highest BCUT2D eigenvalue weighted by atomic mass is 16.1. The molecule has 2 aliphatic rings. The number of hydrogen-bond donors (Lipinski definition) is 0. The molecule has 100 valence electrons. The molecule has 2 nitrogen and oxygen atoms in total. The molecule has 0 aromatic rings. The normalized spacial score (nSPS) is 18.2. The van der Waals surface area contributed by atoms with Gasteiger partial charge < -0.3 is 0 Å². The van der Waals surface area contributed by atoms with Crippen molar-refractivity contribution in [3.05, 3.63) is 0 Å². The molecule has 0 N–H and O–H groups in total. The first-order valence-electron chi connectivity index (χ1n) is 6.51. The topological polar surface area (TPSA) is 34.1 Å². The first kappa shape index (κ1) is 16.3. The van der Waals surface area contributed by atoms with Gasteiger partial charge in [0, 0.05) is 23.7 Å². The molecule has 2 fully saturated rings. The van der Waals surface area contributed by atoms with E-state index >= 15 is 0 Å². The van der Waals surface area contributed by atoms with Gasteiger partial charge in [0.2, 0.25) is 0 Å². The number of ketones is 2. The van der Waals surface area contributed by atoms with Crippen LogP contribution in [0.5, 0.6) is 0 Å². The van der Waals surface area contributed by atoms with Crippen molar-refractivity contribution in [1.29, 1.82) is 0 Å². The van der Waals surface area contributed by atoms with Crippen LogP contribution in [0.25, 0.3) is 0 Å². The molecule has 2 rings (SSSR count). The van der Waals surface area contributed by atoms with Gasteiger partial charge in [0.05, 0.1) is 0 Å². The van der Waals surface area contributed by atoms with E-state index in [1.165, 1.54) is 0 Å². The summed E-state index contributed by atoms with van der Waals surface area (Å²) in [4.78, 5) is 21.8. The van der Waals surface area contributed by atoms with Crippen molar-refractivity contribution >= 4 is 11.6 Å². The third kappa shape index (κ3) is 5.99. The minimum Gasteiger partial charge on any atom is -0.299 e. The van der Waals surface area contributed by atoms with E-state index in [2.05, 4.69) is 0 Å². The monoisotopic (exact) mass is 240 g/mol. The van der Waals surface area contributed by atoms with Crippen molar-refractivity contribution < 1.29 is 9.59 Å². The first-order valence-corrected chi connectivity index (χ1v) is 6.51. The lowest BCUT2D eigenvalue weighted by molar-refractivity contribution is -0.123. The van der Waals surface area contributed by atoms with Gasteiger partial charge in [0.25, 0.3) is 0 Å². The minimum atomic E-state index is 0. The lowest BCUT2D eigenvalue weighted by Gasteiger charge is -1.98. The van der Waals surface area contributed by atoms with Gasteiger partial charge in [-0.15, -0.1) is 0 Å². The second-order valence-corrected chi connectivity index (χ2v) is 5.66. The van der Waals surface area contributed by atoms with Crippen LogP contribution in [0.15, 0.2) is 0 Å². The predicted octanol–water partition coefficient (Wildman–Crippen LogP) is 3.88. The average Bonchev–Trinajstić information content (AvgIpc) is 3.03. The molecule has 0 heterocycles. The molecule has 0 aromatic carbocycles. The Bertz CT molecular complexity index is 222. The highest BCUT2D eigenvalue weighted by Gasteiger charge is 2.31. The molecule has 0 aliphatic heterocycles. The summed E-state index contributed by atoms with van der Waals surface area (Å²) in [6.07, 6.45) is 4.60. The largest absolute Gasteiger partial charge is 0.299 e. The summed E-state index contributed by atoms with van der Waals surface area (Å²) in [5.74, 6) is 2.37. The third-order valence-electron chi connectivity index (χ3n) is 3.10. The summed E-state index contributed by atoms with van der Waals surface area (Å²) in [5, 5.41) is 0. The molecule has 0 radical (unpaired) electrons. The van der Waals surface area contributed by atoms with Crippen molar-refractivity contribution in [1.82, 2.24) is 0 Å². The first-order chi connectivity index (χ1) is 7.43. The standard InChI is InChI=1S/2C7H12O.CH4/c2*1-5(2)7(8)6-3-4-6;/h2*5-6H,3-4H2,1-2H3;1H4. The molecule has 0 amide bonds. The summed E-state index contributed by atoms with van der Waals surface area (Å²) < 4.78 is 0. The molecule has 0 spiro atoms. The number of Topliss-reactive ketones (excluding diaryl/α,β-unsaturated/α-hetero) is 2. The van der Waals surface area contributed by atoms with E-state index in [0.29, 0.717) is 23.4 Å². The number of carbonyl (C=O) groups excluding carboxylic acids is 2. The fourth-order valence-electron chi connectivity index (χ4n) is 1.68. The van der Waals surface area contributed by atoms with E-state index in [1.54, 1.807) is 0 Å². The van der Waals surface area contributed by atoms with Crippen molar-refractivity contribution in [2.45, 2.75) is 60.8 Å². The van der Waals surface area contributed by atoms with Gasteiger partial charge in [-0.25, -0.2) is 0 Å². The van der Waals surface area contributed by atoms with Gasteiger partial charge >= 0.3 is 0 Å². The third-order valence-corrected chi connectivity index (χ3v) is 3.10. The van der Waals surface area contributed by atoms with Gasteiger partial charge in [0.1, 0.15) is 11.6 Å². The van der Waals surface area contributed by atoms with E-state index in [-0.39, 0.29) is 19.3 Å². The predicted molar refractivity (Wildman–Crippen MR) is 71.9 cm³/mol. The summed E-state index contributed by atoms with van der Waals surface area (Å²) in [6, 6.07) is 0. The Kier molecular flexibility index (Phi) is 6.66. The zero-order chi connectivity index (χ0) is 12.3. The Balaban J connectivity index is 0.000000284. The van der Waals surface area contributed by atoms with Crippen LogP contribution in [-0.2, 0) is 9.59 Å². The fourth-order valence-corrected chi connectivity index (χ4v) is 1.68. The SMILES string of the molecule is C.CC(C)C(=O)C1CC1.CC(C)C(=O)C1CC1. The van der Waals surface area contributed by atoms with Crippen LogP contribution in [0.3, 0.4) is 0 Å². The molecular formula is C15H28O2. The Morgan fingerprint density at radius 3 is 1.06 bits per heavy atom. The Morgan fingerprint density at radius 2 is 1.00 bits per heavy atom. The lowest BCUT2D eigenvalue weighted by Crippen LogP contribution is -2.08. The van der Waals surface area contributed by atoms with Crippen molar-refractivity contribution in [3.63, 3.8) is 0 Å². The highest BCUT2D eigenvalue weighted by Crippen LogP contribution is 2.32. The molecule has 2 aliphatic carbocycles. The molecule has 17 heavy (non-hydrogen) atoms. The van der Waals surface area contributed by atoms with Gasteiger partial charge in [-0.1, -0.05) is 35.1 Å². The maximum atomic E-state index is 10.9. The molecule has 0 unspecified atom stereocenters. The Hall–Kier alpha value is -0.660. The smallest absolute Gasteiger partial charge is 0.138 e. The maximum absolute atomic E-state index is 10.9. The van der Waals surface area contributed by atoms with Crippen molar-refractivity contribution in [2.24, 2.45) is 23.7 Å². The number of carbonyl (C=O) groups is 2. The molecule has 2 saturated carbocycles. The molecular weight excluding hydrogens is 212 g/mol. The summed E-state index contributed by atoms with van der Waals surface area (Å²) in [6.45, 7) is 7.89. The summed E-state index contributed by atoms with van der Waals surface area (Å²) in [5.41, 5.74) is 0. The Labute approximate surface area is 106 Å². The highest BCUT2D eigenvalue weighted by molar-refractivity contribution is 5.85. The minimum absolute atomic E-state index is 0. The van der Waals surface area contributed by atoms with E-state index < -0.39 is 0 Å². The number of hydrogen-bond acceptors (Lipinski definition) is 2. The van der Waals surface area contributed by atoms with E-state index in [4.69, 9.17) is 0 Å². The molecule has 2 heteroatoms. The van der Waals surface area contributed by atoms with Crippen LogP contribution >= 0.6 is 0 Å². The molecule has 0 bridgehead atoms. The zero-order valence-electron chi connectivity index (χ0n) is 11.0. The lowest BCUT2D eigenvalue weighted by atomic mass is 10.1. The second-order valence-electron chi connectivity index (χ2n) is 5.66. The van der Waals surface area contributed by atoms with Crippen LogP contribution in [0.2, 0.25) is 0 Å². The van der Waals surface area contributed by atoms with Crippen LogP contribution in [0, 0.1) is 23.7 Å². The maximum Gasteiger partial charge on any atom is 0.138 e. The van der Waals surface area contributed by atoms with Gasteiger partial charge in [-0.05, 0) is 25.7 Å². The zero-order valence-corrected chi connectivity index (χ0v) is 11.0. The molecule has 0 atom stereocenters. The Morgan fingerprint density at radius 1 is 0.765 bits per heavy atom. The van der Waals surface area contributed by atoms with Crippen LogP contribution < -0.4 is 0 Å². The van der Waals surface area contributed by atoms with Crippen molar-refractivity contribution in [2.75, 3.05) is 0 Å². The van der Waals surface area contributed by atoms with E-state index in [1.807, 2.05) is 27.7 Å². The van der Waals surface area contributed by atoms with Gasteiger partial charge in [0.15, 0.2) is 0 Å². The summed E-state index contributed by atoms with van der Waals surface area (Å²) in [7, 11) is 0. The van der Waals surface area contributed by atoms with E-state index in [9.17, 15) is 9.59 Å². The molecule has 0 aromatic heterocycles. The summed E-state index contributed by atoms with van der Waals surface area (Å²) >= 11 is 0. The fraction of sp³-hybridized carbons (Fsp3) is 0.867. The number of rotatable bonds is 4. The van der Waals surface area contributed by atoms with Crippen LogP contribution in [0.4, 0.5) is 0 Å². The molecule has 0 saturated heterocycles. The average molecular weight is 240 g/mol. The van der Waals surface area contributed by atoms with Crippen LogP contribution in [0.1, 0.15) is 60.8 Å². The quantitative estimate of drug-likeness (QED) is 0.747. The van der Waals surface area contributed by atoms with Crippen LogP contribution in [-0.4, -0.2) is 11.6 Å². The second kappa shape index (κ2) is 6.93.